The number of nitrogens with two attached hydrogens (primary N) is 1. The number of amides is 1. The number of carbonyl (C=O) groups excluding carboxylic acids is 1. The van der Waals surface area contributed by atoms with E-state index in [2.05, 4.69) is 17.3 Å². The van der Waals surface area contributed by atoms with E-state index in [4.69, 9.17) is 5.73 Å². The van der Waals surface area contributed by atoms with Crippen molar-refractivity contribution in [3.63, 3.8) is 0 Å². The van der Waals surface area contributed by atoms with Crippen LogP contribution in [0.2, 0.25) is 0 Å². The molecule has 112 valence electrons. The van der Waals surface area contributed by atoms with Gasteiger partial charge in [-0.1, -0.05) is 38.5 Å². The largest absolute Gasteiger partial charge is 0.395 e. The summed E-state index contributed by atoms with van der Waals surface area (Å²) in [6.07, 6.45) is 2.66. The highest BCUT2D eigenvalue weighted by Crippen LogP contribution is 2.21. The fraction of sp³-hybridized carbons (Fsp3) is 0.375. The first-order valence-electron chi connectivity index (χ1n) is 7.29. The number of nitrogens with zero attached hydrogens (tertiary/aromatic N) is 2. The molecule has 0 bridgehead atoms. The van der Waals surface area contributed by atoms with Gasteiger partial charge in [0, 0.05) is 12.7 Å². The molecule has 3 N–H and O–H groups in total. The average molecular weight is 286 g/mol. The van der Waals surface area contributed by atoms with Gasteiger partial charge in [0.15, 0.2) is 0 Å². The van der Waals surface area contributed by atoms with Crippen molar-refractivity contribution in [2.24, 2.45) is 7.05 Å². The van der Waals surface area contributed by atoms with Crippen molar-refractivity contribution in [2.45, 2.75) is 33.1 Å². The quantitative estimate of drug-likeness (QED) is 0.887. The first-order valence-corrected chi connectivity index (χ1v) is 7.29. The molecule has 0 fully saturated rings. The van der Waals surface area contributed by atoms with E-state index in [0.29, 0.717) is 17.8 Å². The van der Waals surface area contributed by atoms with E-state index < -0.39 is 0 Å². The molecular formula is C16H22N4O. The number of benzene rings is 1. The molecule has 2 aromatic rings. The maximum Gasteiger partial charge on any atom is 0.276 e. The molecule has 0 aliphatic carbocycles. The molecule has 0 aliphatic rings. The Labute approximate surface area is 125 Å². The second kappa shape index (κ2) is 6.43. The van der Waals surface area contributed by atoms with Crippen LogP contribution in [-0.2, 0) is 19.9 Å². The van der Waals surface area contributed by atoms with Crippen molar-refractivity contribution in [2.75, 3.05) is 11.1 Å². The third kappa shape index (κ3) is 3.07. The van der Waals surface area contributed by atoms with Crippen LogP contribution >= 0.6 is 0 Å². The summed E-state index contributed by atoms with van der Waals surface area (Å²) in [5.41, 5.74) is 9.62. The Kier molecular flexibility index (Phi) is 4.62. The number of hydrogen-bond acceptors (Lipinski definition) is 3. The fourth-order valence-electron chi connectivity index (χ4n) is 2.44. The highest BCUT2D eigenvalue weighted by Gasteiger charge is 2.19. The minimum atomic E-state index is -0.217. The van der Waals surface area contributed by atoms with Gasteiger partial charge in [-0.25, -0.2) is 0 Å². The lowest BCUT2D eigenvalue weighted by molar-refractivity contribution is 0.101. The summed E-state index contributed by atoms with van der Waals surface area (Å²) in [6.45, 7) is 4.09. The molecule has 1 aromatic heterocycles. The molecule has 0 aliphatic heterocycles. The van der Waals surface area contributed by atoms with Gasteiger partial charge < -0.3 is 11.1 Å². The highest BCUT2D eigenvalue weighted by atomic mass is 16.2. The number of carbonyl (C=O) groups is 1. The predicted molar refractivity (Wildman–Crippen MR) is 85.4 cm³/mol. The number of aryl methyl sites for hydroxylation is 3. The summed E-state index contributed by atoms with van der Waals surface area (Å²) in [5.74, 6) is -0.217. The van der Waals surface area contributed by atoms with Gasteiger partial charge >= 0.3 is 0 Å². The van der Waals surface area contributed by atoms with E-state index >= 15 is 0 Å². The topological polar surface area (TPSA) is 72.9 Å². The minimum absolute atomic E-state index is 0.217. The molecule has 0 spiro atoms. The molecule has 0 saturated heterocycles. The van der Waals surface area contributed by atoms with Gasteiger partial charge in [0.25, 0.3) is 5.91 Å². The number of rotatable bonds is 5. The number of hydrogen-bond donors (Lipinski definition) is 2. The Morgan fingerprint density at radius 3 is 2.67 bits per heavy atom. The Bertz CT molecular complexity index is 646. The van der Waals surface area contributed by atoms with E-state index in [-0.39, 0.29) is 5.91 Å². The summed E-state index contributed by atoms with van der Waals surface area (Å²) in [5, 5.41) is 7.23. The van der Waals surface area contributed by atoms with Crippen LogP contribution in [0, 0.1) is 0 Å². The molecule has 1 aromatic carbocycles. The van der Waals surface area contributed by atoms with E-state index in [1.165, 1.54) is 0 Å². The molecule has 21 heavy (non-hydrogen) atoms. The standard InChI is InChI=1S/C16H22N4O/c1-4-8-11-9-6-7-10-13(11)18-16(21)15-14(17)12(5-2)19-20(15)3/h6-7,9-10H,4-5,8,17H2,1-3H3,(H,18,21). The number of nitrogen functional groups attached to an aromatic ring is 1. The second-order valence-corrected chi connectivity index (χ2v) is 5.05. The van der Waals surface area contributed by atoms with Crippen molar-refractivity contribution in [1.82, 2.24) is 9.78 Å². The average Bonchev–Trinajstić information content (AvgIpc) is 2.75. The first-order chi connectivity index (χ1) is 10.1. The maximum atomic E-state index is 12.5. The Morgan fingerprint density at radius 1 is 1.33 bits per heavy atom. The van der Waals surface area contributed by atoms with Gasteiger partial charge in [-0.15, -0.1) is 0 Å². The van der Waals surface area contributed by atoms with Crippen LogP contribution in [0.4, 0.5) is 11.4 Å². The van der Waals surface area contributed by atoms with Crippen molar-refractivity contribution >= 4 is 17.3 Å². The predicted octanol–water partition coefficient (Wildman–Crippen LogP) is 2.77. The Hall–Kier alpha value is -2.30. The normalized spacial score (nSPS) is 10.6. The zero-order valence-electron chi connectivity index (χ0n) is 12.8. The zero-order chi connectivity index (χ0) is 15.4. The van der Waals surface area contributed by atoms with Crippen LogP contribution in [0.5, 0.6) is 0 Å². The Morgan fingerprint density at radius 2 is 2.05 bits per heavy atom. The molecule has 5 nitrogen and oxygen atoms in total. The first kappa shape index (κ1) is 15.1. The third-order valence-electron chi connectivity index (χ3n) is 3.50. The summed E-state index contributed by atoms with van der Waals surface area (Å²) in [7, 11) is 1.74. The number of anilines is 2. The highest BCUT2D eigenvalue weighted by molar-refractivity contribution is 6.07. The number of nitrogens with one attached hydrogen (secondary N) is 1. The van der Waals surface area contributed by atoms with E-state index in [1.54, 1.807) is 11.7 Å². The second-order valence-electron chi connectivity index (χ2n) is 5.05. The lowest BCUT2D eigenvalue weighted by Crippen LogP contribution is -2.18. The summed E-state index contributed by atoms with van der Waals surface area (Å²) in [6, 6.07) is 7.84. The summed E-state index contributed by atoms with van der Waals surface area (Å²) < 4.78 is 1.55. The molecule has 2 rings (SSSR count). The number of para-hydroxylation sites is 1. The summed E-state index contributed by atoms with van der Waals surface area (Å²) >= 11 is 0. The fourth-order valence-corrected chi connectivity index (χ4v) is 2.44. The van der Waals surface area contributed by atoms with Crippen LogP contribution in [0.3, 0.4) is 0 Å². The van der Waals surface area contributed by atoms with Gasteiger partial charge in [-0.2, -0.15) is 5.10 Å². The minimum Gasteiger partial charge on any atom is -0.395 e. The lowest BCUT2D eigenvalue weighted by Gasteiger charge is -2.11. The van der Waals surface area contributed by atoms with Crippen molar-refractivity contribution in [1.29, 1.82) is 0 Å². The molecule has 5 heteroatoms. The zero-order valence-corrected chi connectivity index (χ0v) is 12.8. The molecular weight excluding hydrogens is 264 g/mol. The third-order valence-corrected chi connectivity index (χ3v) is 3.50. The van der Waals surface area contributed by atoms with E-state index in [1.807, 2.05) is 31.2 Å². The van der Waals surface area contributed by atoms with Crippen molar-refractivity contribution in [3.05, 3.63) is 41.2 Å². The molecule has 1 amide bonds. The molecule has 0 saturated carbocycles. The van der Waals surface area contributed by atoms with Crippen LogP contribution in [0.1, 0.15) is 42.0 Å². The van der Waals surface area contributed by atoms with Gasteiger partial charge in [-0.05, 0) is 24.5 Å². The van der Waals surface area contributed by atoms with Gasteiger partial charge in [0.2, 0.25) is 0 Å². The molecule has 1 heterocycles. The van der Waals surface area contributed by atoms with Gasteiger partial charge in [0.05, 0.1) is 11.4 Å². The molecule has 0 unspecified atom stereocenters. The molecule has 0 atom stereocenters. The van der Waals surface area contributed by atoms with Gasteiger partial charge in [0.1, 0.15) is 5.69 Å². The smallest absolute Gasteiger partial charge is 0.276 e. The monoisotopic (exact) mass is 286 g/mol. The maximum absolute atomic E-state index is 12.5. The van der Waals surface area contributed by atoms with E-state index in [9.17, 15) is 4.79 Å². The van der Waals surface area contributed by atoms with Crippen LogP contribution in [0.15, 0.2) is 24.3 Å². The number of aromatic nitrogens is 2. The van der Waals surface area contributed by atoms with E-state index in [0.717, 1.165) is 29.8 Å². The van der Waals surface area contributed by atoms with Crippen molar-refractivity contribution < 1.29 is 4.79 Å². The van der Waals surface area contributed by atoms with Crippen LogP contribution in [0.25, 0.3) is 0 Å². The summed E-state index contributed by atoms with van der Waals surface area (Å²) in [4.78, 5) is 12.5. The SMILES string of the molecule is CCCc1ccccc1NC(=O)c1c(N)c(CC)nn1C. The lowest BCUT2D eigenvalue weighted by atomic mass is 10.1. The van der Waals surface area contributed by atoms with Crippen LogP contribution < -0.4 is 11.1 Å². The van der Waals surface area contributed by atoms with Gasteiger partial charge in [-0.3, -0.25) is 9.48 Å². The molecule has 0 radical (unpaired) electrons. The van der Waals surface area contributed by atoms with Crippen molar-refractivity contribution in [3.8, 4) is 0 Å². The Balaban J connectivity index is 2.29. The van der Waals surface area contributed by atoms with Crippen LogP contribution in [-0.4, -0.2) is 15.7 Å².